The van der Waals surface area contributed by atoms with Gasteiger partial charge >= 0.3 is 0 Å². The largest absolute Gasteiger partial charge is 0.352 e. The van der Waals surface area contributed by atoms with Crippen LogP contribution in [0.4, 0.5) is 5.00 Å². The molecule has 1 aromatic heterocycles. The number of piperidine rings is 1. The lowest BCUT2D eigenvalue weighted by atomic mass is 9.96. The van der Waals surface area contributed by atoms with Crippen molar-refractivity contribution in [3.63, 3.8) is 0 Å². The Morgan fingerprint density at radius 3 is 2.86 bits per heavy atom. The number of carbonyl (C=O) groups excluding carboxylic acids is 2. The highest BCUT2D eigenvalue weighted by atomic mass is 32.1. The van der Waals surface area contributed by atoms with Crippen LogP contribution in [0.15, 0.2) is 29.6 Å². The van der Waals surface area contributed by atoms with E-state index in [0.717, 1.165) is 38.8 Å². The molecule has 0 radical (unpaired) electrons. The van der Waals surface area contributed by atoms with E-state index in [2.05, 4.69) is 22.0 Å². The monoisotopic (exact) mass is 397 g/mol. The van der Waals surface area contributed by atoms with Crippen molar-refractivity contribution in [2.75, 3.05) is 25.0 Å². The Bertz CT molecular complexity index is 855. The third-order valence-corrected chi connectivity index (χ3v) is 6.56. The second kappa shape index (κ2) is 8.88. The fourth-order valence-electron chi connectivity index (χ4n) is 4.13. The van der Waals surface area contributed by atoms with E-state index < -0.39 is 0 Å². The lowest BCUT2D eigenvalue weighted by molar-refractivity contribution is 0.0952. The molecule has 1 aliphatic heterocycles. The number of hydrogen-bond acceptors (Lipinski definition) is 4. The Kier molecular flexibility index (Phi) is 6.07. The second-order valence-corrected chi connectivity index (χ2v) is 8.63. The molecule has 1 aliphatic carbocycles. The predicted octanol–water partition coefficient (Wildman–Crippen LogP) is 3.61. The highest BCUT2D eigenvalue weighted by Crippen LogP contribution is 2.26. The van der Waals surface area contributed by atoms with E-state index in [-0.39, 0.29) is 11.8 Å². The molecule has 0 spiro atoms. The van der Waals surface area contributed by atoms with Gasteiger partial charge in [0.1, 0.15) is 5.00 Å². The topological polar surface area (TPSA) is 70.2 Å². The fourth-order valence-corrected chi connectivity index (χ4v) is 4.91. The van der Waals surface area contributed by atoms with Crippen LogP contribution >= 0.6 is 11.3 Å². The Labute approximate surface area is 169 Å². The van der Waals surface area contributed by atoms with Crippen LogP contribution in [0.2, 0.25) is 0 Å². The summed E-state index contributed by atoms with van der Waals surface area (Å²) in [5, 5.41) is 11.8. The fraction of sp³-hybridized carbons (Fsp3) is 0.455. The number of hydrogen-bond donors (Lipinski definition) is 3. The number of benzene rings is 1. The summed E-state index contributed by atoms with van der Waals surface area (Å²) in [5.74, 6) is 0.365. The van der Waals surface area contributed by atoms with Gasteiger partial charge in [0, 0.05) is 12.1 Å². The first kappa shape index (κ1) is 19.2. The van der Waals surface area contributed by atoms with E-state index in [4.69, 9.17) is 0 Å². The molecule has 4 rings (SSSR count). The summed E-state index contributed by atoms with van der Waals surface area (Å²) in [4.78, 5) is 25.2. The summed E-state index contributed by atoms with van der Waals surface area (Å²) >= 11 is 1.39. The first-order valence-corrected chi connectivity index (χ1v) is 11.1. The van der Waals surface area contributed by atoms with Gasteiger partial charge in [-0.1, -0.05) is 6.07 Å². The van der Waals surface area contributed by atoms with Crippen LogP contribution < -0.4 is 16.0 Å². The summed E-state index contributed by atoms with van der Waals surface area (Å²) in [6, 6.07) is 7.70. The smallest absolute Gasteiger partial charge is 0.256 e. The molecule has 5 nitrogen and oxygen atoms in total. The van der Waals surface area contributed by atoms with Crippen molar-refractivity contribution < 1.29 is 9.59 Å². The quantitative estimate of drug-likeness (QED) is 0.697. The van der Waals surface area contributed by atoms with Crippen LogP contribution in [0.5, 0.6) is 0 Å². The van der Waals surface area contributed by atoms with Gasteiger partial charge in [0.2, 0.25) is 0 Å². The zero-order valence-corrected chi connectivity index (χ0v) is 16.9. The van der Waals surface area contributed by atoms with E-state index in [1.165, 1.54) is 35.3 Å². The molecule has 1 aromatic carbocycles. The SMILES string of the molecule is O=C(Nc1sccc1C(=O)NCCC1CCCNC1)c1ccc2c(c1)CCC2. The average Bonchev–Trinajstić information content (AvgIpc) is 3.37. The first-order chi connectivity index (χ1) is 13.7. The van der Waals surface area contributed by atoms with E-state index in [1.807, 2.05) is 17.5 Å². The molecule has 1 saturated heterocycles. The van der Waals surface area contributed by atoms with E-state index in [0.29, 0.717) is 28.6 Å². The molecule has 0 bridgehead atoms. The van der Waals surface area contributed by atoms with Crippen molar-refractivity contribution in [1.29, 1.82) is 0 Å². The highest BCUT2D eigenvalue weighted by molar-refractivity contribution is 7.14. The standard InChI is InChI=1S/C22H27N3O2S/c26-20(18-7-6-16-4-1-5-17(16)13-18)25-22-19(9-12-28-22)21(27)24-11-8-15-3-2-10-23-14-15/h6-7,9,12-13,15,23H,1-5,8,10-11,14H2,(H,24,27)(H,25,26). The van der Waals surface area contributed by atoms with Crippen molar-refractivity contribution in [3.05, 3.63) is 51.9 Å². The van der Waals surface area contributed by atoms with Crippen molar-refractivity contribution in [2.45, 2.75) is 38.5 Å². The van der Waals surface area contributed by atoms with Crippen molar-refractivity contribution in [3.8, 4) is 0 Å². The molecule has 2 amide bonds. The van der Waals surface area contributed by atoms with Crippen molar-refractivity contribution in [2.24, 2.45) is 5.92 Å². The van der Waals surface area contributed by atoms with E-state index in [1.54, 1.807) is 6.07 Å². The van der Waals surface area contributed by atoms with Gasteiger partial charge in [-0.15, -0.1) is 11.3 Å². The van der Waals surface area contributed by atoms with Gasteiger partial charge in [-0.05, 0) is 92.2 Å². The minimum absolute atomic E-state index is 0.116. The summed E-state index contributed by atoms with van der Waals surface area (Å²) in [6.07, 6.45) is 6.72. The molecule has 1 atom stereocenters. The van der Waals surface area contributed by atoms with E-state index >= 15 is 0 Å². The summed E-state index contributed by atoms with van der Waals surface area (Å²) in [6.45, 7) is 2.81. The van der Waals surface area contributed by atoms with Gasteiger partial charge in [0.05, 0.1) is 5.56 Å². The number of rotatable bonds is 6. The zero-order valence-electron chi connectivity index (χ0n) is 16.1. The number of nitrogens with one attached hydrogen (secondary N) is 3. The molecule has 28 heavy (non-hydrogen) atoms. The number of carbonyl (C=O) groups is 2. The third kappa shape index (κ3) is 4.45. The summed E-state index contributed by atoms with van der Waals surface area (Å²) < 4.78 is 0. The number of fused-ring (bicyclic) bond motifs is 1. The maximum atomic E-state index is 12.7. The molecule has 2 heterocycles. The lowest BCUT2D eigenvalue weighted by Gasteiger charge is -2.22. The van der Waals surface area contributed by atoms with Crippen LogP contribution in [-0.2, 0) is 12.8 Å². The molecule has 1 unspecified atom stereocenters. The Hall–Kier alpha value is -2.18. The minimum atomic E-state index is -0.153. The maximum absolute atomic E-state index is 12.7. The van der Waals surface area contributed by atoms with Gasteiger partial charge in [0.15, 0.2) is 0 Å². The molecule has 148 valence electrons. The third-order valence-electron chi connectivity index (χ3n) is 5.73. The highest BCUT2D eigenvalue weighted by Gasteiger charge is 2.19. The summed E-state index contributed by atoms with van der Waals surface area (Å²) in [7, 11) is 0. The Balaban J connectivity index is 1.34. The Morgan fingerprint density at radius 1 is 1.11 bits per heavy atom. The number of aryl methyl sites for hydroxylation is 2. The van der Waals surface area contributed by atoms with Gasteiger partial charge < -0.3 is 16.0 Å². The predicted molar refractivity (Wildman–Crippen MR) is 113 cm³/mol. The van der Waals surface area contributed by atoms with Gasteiger partial charge in [-0.25, -0.2) is 0 Å². The van der Waals surface area contributed by atoms with Crippen LogP contribution in [0, 0.1) is 5.92 Å². The molecular formula is C22H27N3O2S. The molecule has 1 fully saturated rings. The molecule has 6 heteroatoms. The average molecular weight is 398 g/mol. The van der Waals surface area contributed by atoms with Crippen LogP contribution in [-0.4, -0.2) is 31.4 Å². The molecule has 0 saturated carbocycles. The number of anilines is 1. The maximum Gasteiger partial charge on any atom is 0.256 e. The minimum Gasteiger partial charge on any atom is -0.352 e. The van der Waals surface area contributed by atoms with Crippen molar-refractivity contribution >= 4 is 28.2 Å². The lowest BCUT2D eigenvalue weighted by Crippen LogP contribution is -2.33. The number of amides is 2. The van der Waals surface area contributed by atoms with Gasteiger partial charge in [-0.2, -0.15) is 0 Å². The van der Waals surface area contributed by atoms with Crippen LogP contribution in [0.1, 0.15) is 57.5 Å². The molecule has 2 aliphatic rings. The summed E-state index contributed by atoms with van der Waals surface area (Å²) in [5.41, 5.74) is 3.82. The van der Waals surface area contributed by atoms with Gasteiger partial charge in [-0.3, -0.25) is 9.59 Å². The van der Waals surface area contributed by atoms with Crippen LogP contribution in [0.25, 0.3) is 0 Å². The first-order valence-electron chi connectivity index (χ1n) is 10.2. The Morgan fingerprint density at radius 2 is 2.00 bits per heavy atom. The zero-order chi connectivity index (χ0) is 19.3. The molecule has 2 aromatic rings. The van der Waals surface area contributed by atoms with Gasteiger partial charge in [0.25, 0.3) is 11.8 Å². The van der Waals surface area contributed by atoms with E-state index in [9.17, 15) is 9.59 Å². The second-order valence-electron chi connectivity index (χ2n) is 7.71. The molecule has 3 N–H and O–H groups in total. The van der Waals surface area contributed by atoms with Crippen molar-refractivity contribution in [1.82, 2.24) is 10.6 Å². The van der Waals surface area contributed by atoms with Crippen LogP contribution in [0.3, 0.4) is 0 Å². The number of thiophene rings is 1. The normalized spacial score (nSPS) is 18.5. The molecular weight excluding hydrogens is 370 g/mol.